The number of carbonyl (C=O) groups excluding carboxylic acids is 1. The number of anilines is 1. The molecule has 0 bridgehead atoms. The van der Waals surface area contributed by atoms with Crippen molar-refractivity contribution in [3.05, 3.63) is 105 Å². The van der Waals surface area contributed by atoms with E-state index in [-0.39, 0.29) is 6.61 Å². The zero-order valence-electron chi connectivity index (χ0n) is 21.9. The van der Waals surface area contributed by atoms with E-state index >= 15 is 0 Å². The van der Waals surface area contributed by atoms with Crippen LogP contribution < -0.4 is 10.1 Å². The monoisotopic (exact) mass is 561 g/mol. The van der Waals surface area contributed by atoms with Crippen molar-refractivity contribution in [2.75, 3.05) is 11.9 Å². The van der Waals surface area contributed by atoms with Crippen molar-refractivity contribution in [3.8, 4) is 16.9 Å². The normalized spacial score (nSPS) is 13.4. The average molecular weight is 562 g/mol. The topological polar surface area (TPSA) is 67.8 Å². The number of thiophene rings is 1. The predicted molar refractivity (Wildman–Crippen MR) is 158 cm³/mol. The van der Waals surface area contributed by atoms with Gasteiger partial charge in [-0.1, -0.05) is 84.4 Å². The Morgan fingerprint density at radius 3 is 2.41 bits per heavy atom. The van der Waals surface area contributed by atoms with Crippen LogP contribution in [0.5, 0.6) is 5.75 Å². The van der Waals surface area contributed by atoms with Crippen LogP contribution in [0.25, 0.3) is 11.1 Å². The molecule has 1 aliphatic carbocycles. The second kappa shape index (κ2) is 12.7. The van der Waals surface area contributed by atoms with E-state index in [1.165, 1.54) is 22.5 Å². The Bertz CT molecular complexity index is 1420. The third-order valence-electron chi connectivity index (χ3n) is 6.89. The van der Waals surface area contributed by atoms with Crippen molar-refractivity contribution < 1.29 is 19.4 Å². The fraction of sp³-hybridized carbons (Fsp3) is 0.281. The molecule has 0 radical (unpaired) electrons. The summed E-state index contributed by atoms with van der Waals surface area (Å²) in [7, 11) is 0. The Labute approximate surface area is 238 Å². The number of aliphatic hydroxyl groups excluding tert-OH is 1. The fourth-order valence-electron chi connectivity index (χ4n) is 5.07. The van der Waals surface area contributed by atoms with E-state index in [0.717, 1.165) is 48.1 Å². The van der Waals surface area contributed by atoms with E-state index in [4.69, 9.17) is 21.1 Å². The SMILES string of the molecule is CCOC(=O)c1c(NC(O)Cc2ccccc2)sc(Cl)c1-c1ccc2c(c1OCc1ccccc1)CCCC2. The van der Waals surface area contributed by atoms with E-state index in [0.29, 0.717) is 33.5 Å². The minimum atomic E-state index is -0.916. The number of aryl methyl sites for hydroxylation is 1. The highest BCUT2D eigenvalue weighted by Crippen LogP contribution is 2.49. The van der Waals surface area contributed by atoms with E-state index in [1.54, 1.807) is 6.92 Å². The molecule has 7 heteroatoms. The Hall–Kier alpha value is -3.32. The Balaban J connectivity index is 1.56. The van der Waals surface area contributed by atoms with Gasteiger partial charge in [-0.15, -0.1) is 11.3 Å². The first-order chi connectivity index (χ1) is 19.0. The van der Waals surface area contributed by atoms with Crippen LogP contribution in [0.15, 0.2) is 72.8 Å². The van der Waals surface area contributed by atoms with Gasteiger partial charge < -0.3 is 19.9 Å². The highest BCUT2D eigenvalue weighted by molar-refractivity contribution is 7.21. The van der Waals surface area contributed by atoms with Crippen LogP contribution in [-0.2, 0) is 30.6 Å². The third-order valence-corrected chi connectivity index (χ3v) is 8.22. The van der Waals surface area contributed by atoms with E-state index < -0.39 is 12.2 Å². The van der Waals surface area contributed by atoms with Crippen LogP contribution in [0.1, 0.15) is 52.4 Å². The van der Waals surface area contributed by atoms with Crippen LogP contribution >= 0.6 is 22.9 Å². The molecule has 5 nitrogen and oxygen atoms in total. The Kier molecular flexibility index (Phi) is 8.87. The van der Waals surface area contributed by atoms with E-state index in [1.807, 2.05) is 66.7 Å². The van der Waals surface area contributed by atoms with Gasteiger partial charge >= 0.3 is 5.97 Å². The van der Waals surface area contributed by atoms with Gasteiger partial charge in [-0.2, -0.15) is 0 Å². The lowest BCUT2D eigenvalue weighted by Gasteiger charge is -2.23. The molecule has 4 aromatic rings. The van der Waals surface area contributed by atoms with Crippen molar-refractivity contribution in [1.82, 2.24) is 0 Å². The third kappa shape index (κ3) is 6.30. The molecule has 1 unspecified atom stereocenters. The van der Waals surface area contributed by atoms with Crippen LogP contribution in [0.3, 0.4) is 0 Å². The standard InChI is InChI=1S/C32H32ClNO4S/c1-2-37-32(36)28-27(30(33)39-31(28)34-26(35)19-21-11-5-3-6-12-21)25-18-17-23-15-9-10-16-24(23)29(25)38-20-22-13-7-4-8-14-22/h3-8,11-14,17-18,26,34-35H,2,9-10,15-16,19-20H2,1H3. The molecule has 5 rings (SSSR count). The Morgan fingerprint density at radius 2 is 1.69 bits per heavy atom. The number of fused-ring (bicyclic) bond motifs is 1. The van der Waals surface area contributed by atoms with Gasteiger partial charge in [0.2, 0.25) is 0 Å². The lowest BCUT2D eigenvalue weighted by molar-refractivity contribution is 0.0528. The van der Waals surface area contributed by atoms with Gasteiger partial charge in [0.05, 0.1) is 6.61 Å². The molecule has 0 fully saturated rings. The molecule has 0 saturated carbocycles. The molecule has 1 aromatic heterocycles. The first-order valence-electron chi connectivity index (χ1n) is 13.3. The van der Waals surface area contributed by atoms with Crippen molar-refractivity contribution in [1.29, 1.82) is 0 Å². The second-order valence-corrected chi connectivity index (χ2v) is 11.2. The second-order valence-electron chi connectivity index (χ2n) is 9.59. The molecule has 1 aliphatic rings. The number of halogens is 1. The van der Waals surface area contributed by atoms with Crippen molar-refractivity contribution in [2.45, 2.75) is 51.9 Å². The molecule has 0 saturated heterocycles. The number of carbonyl (C=O) groups is 1. The first kappa shape index (κ1) is 27.3. The lowest BCUT2D eigenvalue weighted by atomic mass is 9.87. The van der Waals surface area contributed by atoms with Gasteiger partial charge in [0, 0.05) is 17.5 Å². The summed E-state index contributed by atoms with van der Waals surface area (Å²) in [6.07, 6.45) is 3.59. The van der Waals surface area contributed by atoms with Gasteiger partial charge in [-0.3, -0.25) is 0 Å². The number of esters is 1. The minimum absolute atomic E-state index is 0.222. The summed E-state index contributed by atoms with van der Waals surface area (Å²) in [5, 5.41) is 14.5. The molecular formula is C32H32ClNO4S. The average Bonchev–Trinajstić information content (AvgIpc) is 3.27. The molecule has 2 N–H and O–H groups in total. The number of hydrogen-bond acceptors (Lipinski definition) is 6. The highest BCUT2D eigenvalue weighted by Gasteiger charge is 2.30. The van der Waals surface area contributed by atoms with Crippen LogP contribution in [0, 0.1) is 0 Å². The zero-order valence-corrected chi connectivity index (χ0v) is 23.5. The van der Waals surface area contributed by atoms with Gasteiger partial charge in [0.1, 0.15) is 33.5 Å². The van der Waals surface area contributed by atoms with Crippen molar-refractivity contribution in [3.63, 3.8) is 0 Å². The lowest BCUT2D eigenvalue weighted by Crippen LogP contribution is -2.22. The quantitative estimate of drug-likeness (QED) is 0.153. The van der Waals surface area contributed by atoms with E-state index in [2.05, 4.69) is 11.4 Å². The molecule has 0 amide bonds. The van der Waals surface area contributed by atoms with Crippen molar-refractivity contribution >= 4 is 33.9 Å². The van der Waals surface area contributed by atoms with Crippen molar-refractivity contribution in [2.24, 2.45) is 0 Å². The maximum atomic E-state index is 13.4. The minimum Gasteiger partial charge on any atom is -0.488 e. The van der Waals surface area contributed by atoms with Gasteiger partial charge in [-0.25, -0.2) is 4.79 Å². The summed E-state index contributed by atoms with van der Waals surface area (Å²) in [6.45, 7) is 2.40. The fourth-order valence-corrected chi connectivity index (χ4v) is 6.47. The molecule has 202 valence electrons. The van der Waals surface area contributed by atoms with Crippen LogP contribution in [0.2, 0.25) is 4.34 Å². The number of aliphatic hydroxyl groups is 1. The van der Waals surface area contributed by atoms with Gasteiger partial charge in [0.15, 0.2) is 0 Å². The molecule has 3 aromatic carbocycles. The summed E-state index contributed by atoms with van der Waals surface area (Å²) in [5.41, 5.74) is 6.14. The molecule has 39 heavy (non-hydrogen) atoms. The number of benzene rings is 3. The smallest absolute Gasteiger partial charge is 0.341 e. The Morgan fingerprint density at radius 1 is 1.00 bits per heavy atom. The number of nitrogens with one attached hydrogen (secondary N) is 1. The zero-order chi connectivity index (χ0) is 27.2. The van der Waals surface area contributed by atoms with Crippen LogP contribution in [0.4, 0.5) is 5.00 Å². The number of rotatable bonds is 10. The highest BCUT2D eigenvalue weighted by atomic mass is 35.5. The summed E-state index contributed by atoms with van der Waals surface area (Å²) in [6, 6.07) is 23.9. The molecule has 1 atom stereocenters. The predicted octanol–water partition coefficient (Wildman–Crippen LogP) is 7.68. The van der Waals surface area contributed by atoms with Gasteiger partial charge in [-0.05, 0) is 54.9 Å². The summed E-state index contributed by atoms with van der Waals surface area (Å²) in [4.78, 5) is 13.4. The van der Waals surface area contributed by atoms with Crippen LogP contribution in [-0.4, -0.2) is 23.9 Å². The maximum Gasteiger partial charge on any atom is 0.341 e. The maximum absolute atomic E-state index is 13.4. The first-order valence-corrected chi connectivity index (χ1v) is 14.5. The molecule has 1 heterocycles. The van der Waals surface area contributed by atoms with Gasteiger partial charge in [0.25, 0.3) is 0 Å². The van der Waals surface area contributed by atoms with E-state index in [9.17, 15) is 9.90 Å². The molecular weight excluding hydrogens is 530 g/mol. The summed E-state index contributed by atoms with van der Waals surface area (Å²) >= 11 is 8.11. The summed E-state index contributed by atoms with van der Waals surface area (Å²) < 4.78 is 12.4. The molecule has 0 aliphatic heterocycles. The molecule has 0 spiro atoms. The largest absolute Gasteiger partial charge is 0.488 e. The summed E-state index contributed by atoms with van der Waals surface area (Å²) in [5.74, 6) is 0.273. The number of hydrogen-bond donors (Lipinski definition) is 2. The number of ether oxygens (including phenoxy) is 2.